The van der Waals surface area contributed by atoms with Gasteiger partial charge in [-0.1, -0.05) is 72.8 Å². The van der Waals surface area contributed by atoms with Gasteiger partial charge < -0.3 is 0 Å². The highest BCUT2D eigenvalue weighted by Gasteiger charge is 2.20. The molecule has 0 fully saturated rings. The first-order chi connectivity index (χ1) is 14.5. The van der Waals surface area contributed by atoms with E-state index in [1.165, 1.54) is 66.8 Å². The quantitative estimate of drug-likeness (QED) is 0.249. The van der Waals surface area contributed by atoms with Crippen molar-refractivity contribution < 1.29 is 0 Å². The molecule has 0 saturated heterocycles. The van der Waals surface area contributed by atoms with Crippen LogP contribution in [0.3, 0.4) is 0 Å². The van der Waals surface area contributed by atoms with Crippen molar-refractivity contribution in [2.45, 2.75) is 40.5 Å². The van der Waals surface area contributed by atoms with Crippen molar-refractivity contribution in [3.05, 3.63) is 117 Å². The molecule has 0 unspecified atom stereocenters. The molecule has 4 aromatic rings. The minimum atomic E-state index is 1.10. The average molecular weight is 389 g/mol. The van der Waals surface area contributed by atoms with E-state index in [4.69, 9.17) is 0 Å². The molecule has 0 heterocycles. The van der Waals surface area contributed by atoms with Crippen molar-refractivity contribution in [3.8, 4) is 22.3 Å². The van der Waals surface area contributed by atoms with Crippen molar-refractivity contribution in [1.82, 2.24) is 0 Å². The summed E-state index contributed by atoms with van der Waals surface area (Å²) in [6, 6.07) is 26.5. The average Bonchev–Trinajstić information content (AvgIpc) is 3.33. The smallest absolute Gasteiger partial charge is 0.00107 e. The van der Waals surface area contributed by atoms with Crippen LogP contribution in [0.1, 0.15) is 44.5 Å². The van der Waals surface area contributed by atoms with Gasteiger partial charge in [-0.05, 0) is 107 Å². The lowest BCUT2D eigenvalue weighted by Crippen LogP contribution is -1.89. The third-order valence-electron chi connectivity index (χ3n) is 7.03. The first-order valence-corrected chi connectivity index (χ1v) is 10.9. The van der Waals surface area contributed by atoms with E-state index < -0.39 is 0 Å². The fraction of sp³-hybridized carbons (Fsp3) is 0.200. The molecule has 0 amide bonds. The molecule has 0 spiro atoms. The van der Waals surface area contributed by atoms with Crippen LogP contribution in [0.15, 0.2) is 72.8 Å². The summed E-state index contributed by atoms with van der Waals surface area (Å²) in [5.74, 6) is 0. The van der Waals surface area contributed by atoms with Crippen LogP contribution in [0, 0.1) is 27.7 Å². The van der Waals surface area contributed by atoms with Crippen LogP contribution in [-0.4, -0.2) is 0 Å². The number of fused-ring (bicyclic) bond motifs is 6. The summed E-state index contributed by atoms with van der Waals surface area (Å²) in [6.45, 7) is 8.85. The Labute approximate surface area is 180 Å². The molecule has 0 bridgehead atoms. The van der Waals surface area contributed by atoms with Gasteiger partial charge in [-0.25, -0.2) is 0 Å². The second kappa shape index (κ2) is 7.29. The van der Waals surface area contributed by atoms with Crippen molar-refractivity contribution in [2.24, 2.45) is 0 Å². The largest absolute Gasteiger partial charge is 0.0619 e. The normalized spacial score (nSPS) is 12.4. The van der Waals surface area contributed by atoms with Crippen LogP contribution in [0.5, 0.6) is 0 Å². The Balaban J connectivity index is 0.000000128. The highest BCUT2D eigenvalue weighted by atomic mass is 14.2. The number of hydrogen-bond acceptors (Lipinski definition) is 0. The topological polar surface area (TPSA) is 0 Å². The van der Waals surface area contributed by atoms with Gasteiger partial charge in [0.1, 0.15) is 0 Å². The SMILES string of the molecule is Cc1ccc2c(c1C)-c1ccccc1C2.Cc1ccc2c(c1C)Cc1ccccc1-2. The Hall–Kier alpha value is -3.12. The third kappa shape index (κ3) is 2.99. The van der Waals surface area contributed by atoms with Crippen molar-refractivity contribution in [1.29, 1.82) is 0 Å². The zero-order valence-corrected chi connectivity index (χ0v) is 18.3. The molecule has 0 nitrogen and oxygen atoms in total. The summed E-state index contributed by atoms with van der Waals surface area (Å²) >= 11 is 0. The standard InChI is InChI=1S/2C15H14/c1-10-7-8-13-9-12-5-3-4-6-14(12)15(13)11(10)2;1-10-7-8-14-13-6-4-3-5-12(13)9-15(14)11(10)2/h2*3-8H,9H2,1-2H3. The lowest BCUT2D eigenvalue weighted by molar-refractivity contribution is 1.19. The molecular formula is C30H28. The molecular weight excluding hydrogens is 360 g/mol. The van der Waals surface area contributed by atoms with Gasteiger partial charge in [0.25, 0.3) is 0 Å². The fourth-order valence-corrected chi connectivity index (χ4v) is 5.00. The van der Waals surface area contributed by atoms with E-state index >= 15 is 0 Å². The molecule has 4 aromatic carbocycles. The molecule has 2 aliphatic rings. The van der Waals surface area contributed by atoms with Crippen LogP contribution < -0.4 is 0 Å². The van der Waals surface area contributed by atoms with E-state index in [0.29, 0.717) is 0 Å². The second-order valence-corrected chi connectivity index (χ2v) is 8.74. The van der Waals surface area contributed by atoms with Gasteiger partial charge in [0.05, 0.1) is 0 Å². The molecule has 0 saturated carbocycles. The molecule has 0 N–H and O–H groups in total. The van der Waals surface area contributed by atoms with E-state index in [0.717, 1.165) is 12.8 Å². The van der Waals surface area contributed by atoms with Gasteiger partial charge >= 0.3 is 0 Å². The molecule has 0 aliphatic heterocycles. The Morgan fingerprint density at radius 1 is 0.467 bits per heavy atom. The summed E-state index contributed by atoms with van der Waals surface area (Å²) in [5.41, 5.74) is 17.4. The van der Waals surface area contributed by atoms with Crippen LogP contribution in [0.4, 0.5) is 0 Å². The van der Waals surface area contributed by atoms with Gasteiger partial charge in [0.15, 0.2) is 0 Å². The molecule has 0 aromatic heterocycles. The van der Waals surface area contributed by atoms with Gasteiger partial charge in [0.2, 0.25) is 0 Å². The lowest BCUT2D eigenvalue weighted by Gasteiger charge is -2.08. The summed E-state index contributed by atoms with van der Waals surface area (Å²) in [6.07, 6.45) is 2.21. The highest BCUT2D eigenvalue weighted by molar-refractivity contribution is 5.80. The molecule has 148 valence electrons. The molecule has 6 rings (SSSR count). The van der Waals surface area contributed by atoms with Crippen molar-refractivity contribution in [2.75, 3.05) is 0 Å². The molecule has 0 atom stereocenters. The van der Waals surface area contributed by atoms with Crippen LogP contribution in [0.2, 0.25) is 0 Å². The summed E-state index contributed by atoms with van der Waals surface area (Å²) < 4.78 is 0. The van der Waals surface area contributed by atoms with E-state index in [9.17, 15) is 0 Å². The first-order valence-electron chi connectivity index (χ1n) is 10.9. The maximum atomic E-state index is 2.28. The van der Waals surface area contributed by atoms with Crippen LogP contribution >= 0.6 is 0 Å². The minimum Gasteiger partial charge on any atom is -0.0619 e. The summed E-state index contributed by atoms with van der Waals surface area (Å²) in [4.78, 5) is 0. The van der Waals surface area contributed by atoms with Gasteiger partial charge in [0, 0.05) is 0 Å². The van der Waals surface area contributed by atoms with Gasteiger partial charge in [-0.2, -0.15) is 0 Å². The van der Waals surface area contributed by atoms with Crippen LogP contribution in [-0.2, 0) is 12.8 Å². The molecule has 30 heavy (non-hydrogen) atoms. The van der Waals surface area contributed by atoms with E-state index in [1.807, 2.05) is 0 Å². The van der Waals surface area contributed by atoms with Crippen molar-refractivity contribution >= 4 is 0 Å². The number of aryl methyl sites for hydroxylation is 2. The first kappa shape index (κ1) is 18.9. The Bertz CT molecular complexity index is 1270. The van der Waals surface area contributed by atoms with Crippen LogP contribution in [0.25, 0.3) is 22.3 Å². The van der Waals surface area contributed by atoms with Gasteiger partial charge in [-0.15, -0.1) is 0 Å². The lowest BCUT2D eigenvalue weighted by atomic mass is 9.97. The maximum Gasteiger partial charge on any atom is -0.00107 e. The van der Waals surface area contributed by atoms with E-state index in [2.05, 4.69) is 100 Å². The van der Waals surface area contributed by atoms with Gasteiger partial charge in [-0.3, -0.25) is 0 Å². The summed E-state index contributed by atoms with van der Waals surface area (Å²) in [7, 11) is 0. The fourth-order valence-electron chi connectivity index (χ4n) is 5.00. The predicted octanol–water partition coefficient (Wildman–Crippen LogP) is 7.75. The summed E-state index contributed by atoms with van der Waals surface area (Å²) in [5, 5.41) is 0. The molecule has 0 heteroatoms. The second-order valence-electron chi connectivity index (χ2n) is 8.74. The number of rotatable bonds is 0. The minimum absolute atomic E-state index is 1.10. The number of benzene rings is 4. The Morgan fingerprint density at radius 2 is 1.07 bits per heavy atom. The Morgan fingerprint density at radius 3 is 1.83 bits per heavy atom. The maximum absolute atomic E-state index is 2.28. The monoisotopic (exact) mass is 388 g/mol. The zero-order chi connectivity index (χ0) is 20.8. The van der Waals surface area contributed by atoms with E-state index in [-0.39, 0.29) is 0 Å². The predicted molar refractivity (Wildman–Crippen MR) is 128 cm³/mol. The third-order valence-corrected chi connectivity index (χ3v) is 7.03. The molecule has 0 radical (unpaired) electrons. The number of hydrogen-bond donors (Lipinski definition) is 0. The Kier molecular flexibility index (Phi) is 4.59. The van der Waals surface area contributed by atoms with E-state index in [1.54, 1.807) is 0 Å². The van der Waals surface area contributed by atoms with Crippen molar-refractivity contribution in [3.63, 3.8) is 0 Å². The molecule has 2 aliphatic carbocycles. The highest BCUT2D eigenvalue weighted by Crippen LogP contribution is 2.40. The zero-order valence-electron chi connectivity index (χ0n) is 18.3.